The number of aryl methyl sites for hydroxylation is 2. The molecule has 1 aromatic heterocycles. The zero-order valence-electron chi connectivity index (χ0n) is 16.0. The SMILES string of the molecule is Cc1noc(CCC(=O)NCc2ccc(CN3CCc4ccccc43)cc2)n1. The number of para-hydroxylation sites is 1. The summed E-state index contributed by atoms with van der Waals surface area (Å²) in [6.45, 7) is 4.26. The van der Waals surface area contributed by atoms with Gasteiger partial charge in [0.2, 0.25) is 11.8 Å². The summed E-state index contributed by atoms with van der Waals surface area (Å²) in [4.78, 5) is 18.5. The number of anilines is 1. The number of nitrogens with one attached hydrogen (secondary N) is 1. The molecule has 0 atom stereocenters. The van der Waals surface area contributed by atoms with E-state index in [9.17, 15) is 4.79 Å². The van der Waals surface area contributed by atoms with Crippen molar-refractivity contribution < 1.29 is 9.32 Å². The van der Waals surface area contributed by atoms with E-state index in [4.69, 9.17) is 4.52 Å². The summed E-state index contributed by atoms with van der Waals surface area (Å²) in [5, 5.41) is 6.67. The van der Waals surface area contributed by atoms with Crippen LogP contribution in [0.1, 0.15) is 34.8 Å². The second-order valence-corrected chi connectivity index (χ2v) is 7.13. The number of hydrogen-bond acceptors (Lipinski definition) is 5. The lowest BCUT2D eigenvalue weighted by atomic mass is 10.1. The van der Waals surface area contributed by atoms with Crippen LogP contribution in [0.5, 0.6) is 0 Å². The quantitative estimate of drug-likeness (QED) is 0.686. The Morgan fingerprint density at radius 1 is 1.14 bits per heavy atom. The van der Waals surface area contributed by atoms with E-state index in [1.165, 1.54) is 16.8 Å². The Labute approximate surface area is 164 Å². The molecule has 1 aliphatic heterocycles. The number of carbonyl (C=O) groups is 1. The molecule has 6 nitrogen and oxygen atoms in total. The van der Waals surface area contributed by atoms with Crippen molar-refractivity contribution in [1.29, 1.82) is 0 Å². The Morgan fingerprint density at radius 2 is 1.93 bits per heavy atom. The van der Waals surface area contributed by atoms with Crippen LogP contribution >= 0.6 is 0 Å². The predicted octanol–water partition coefficient (Wildman–Crippen LogP) is 3.19. The van der Waals surface area contributed by atoms with Gasteiger partial charge in [-0.2, -0.15) is 4.98 Å². The predicted molar refractivity (Wildman–Crippen MR) is 107 cm³/mol. The average molecular weight is 376 g/mol. The number of carbonyl (C=O) groups excluding carboxylic acids is 1. The monoisotopic (exact) mass is 376 g/mol. The lowest BCUT2D eigenvalue weighted by Crippen LogP contribution is -2.23. The van der Waals surface area contributed by atoms with Gasteiger partial charge in [-0.15, -0.1) is 0 Å². The highest BCUT2D eigenvalue weighted by atomic mass is 16.5. The van der Waals surface area contributed by atoms with Crippen molar-refractivity contribution in [2.24, 2.45) is 0 Å². The molecular weight excluding hydrogens is 352 g/mol. The Hall–Kier alpha value is -3.15. The van der Waals surface area contributed by atoms with Crippen LogP contribution in [0.2, 0.25) is 0 Å². The van der Waals surface area contributed by atoms with Crippen LogP contribution in [0, 0.1) is 6.92 Å². The minimum absolute atomic E-state index is 0.0198. The smallest absolute Gasteiger partial charge is 0.227 e. The van der Waals surface area contributed by atoms with Crippen LogP contribution in [0.25, 0.3) is 0 Å². The van der Waals surface area contributed by atoms with Crippen molar-refractivity contribution >= 4 is 11.6 Å². The Bertz CT molecular complexity index is 949. The minimum atomic E-state index is -0.0198. The van der Waals surface area contributed by atoms with Gasteiger partial charge in [0, 0.05) is 38.2 Å². The maximum atomic E-state index is 12.0. The Balaban J connectivity index is 1.25. The van der Waals surface area contributed by atoms with E-state index >= 15 is 0 Å². The summed E-state index contributed by atoms with van der Waals surface area (Å²) < 4.78 is 5.02. The summed E-state index contributed by atoms with van der Waals surface area (Å²) >= 11 is 0. The zero-order chi connectivity index (χ0) is 19.3. The second kappa shape index (κ2) is 8.25. The van der Waals surface area contributed by atoms with Gasteiger partial charge in [-0.05, 0) is 36.1 Å². The van der Waals surface area contributed by atoms with Gasteiger partial charge >= 0.3 is 0 Å². The first-order valence-corrected chi connectivity index (χ1v) is 9.64. The Morgan fingerprint density at radius 3 is 2.71 bits per heavy atom. The molecule has 0 spiro atoms. The molecule has 0 aliphatic carbocycles. The molecule has 0 fully saturated rings. The number of nitrogens with zero attached hydrogens (tertiary/aromatic N) is 3. The summed E-state index contributed by atoms with van der Waals surface area (Å²) in [5.74, 6) is 1.07. The summed E-state index contributed by atoms with van der Waals surface area (Å²) in [7, 11) is 0. The number of fused-ring (bicyclic) bond motifs is 1. The van der Waals surface area contributed by atoms with E-state index in [0.717, 1.165) is 25.1 Å². The first-order chi connectivity index (χ1) is 13.7. The van der Waals surface area contributed by atoms with Crippen molar-refractivity contribution in [3.63, 3.8) is 0 Å². The molecule has 28 heavy (non-hydrogen) atoms. The van der Waals surface area contributed by atoms with E-state index in [2.05, 4.69) is 68.9 Å². The van der Waals surface area contributed by atoms with Crippen molar-refractivity contribution in [2.45, 2.75) is 39.3 Å². The molecule has 2 aromatic carbocycles. The van der Waals surface area contributed by atoms with Gasteiger partial charge in [0.05, 0.1) is 0 Å². The molecule has 2 heterocycles. The van der Waals surface area contributed by atoms with Crippen LogP contribution in [0.15, 0.2) is 53.1 Å². The molecule has 144 valence electrons. The number of benzene rings is 2. The highest BCUT2D eigenvalue weighted by Gasteiger charge is 2.18. The van der Waals surface area contributed by atoms with Gasteiger partial charge in [-0.25, -0.2) is 0 Å². The molecule has 3 aromatic rings. The standard InChI is InChI=1S/C22H24N4O2/c1-16-24-22(28-25-16)11-10-21(27)23-14-17-6-8-18(9-7-17)15-26-13-12-19-4-2-3-5-20(19)26/h2-9H,10-15H2,1H3,(H,23,27). The van der Waals surface area contributed by atoms with Crippen LogP contribution in [0.4, 0.5) is 5.69 Å². The second-order valence-electron chi connectivity index (χ2n) is 7.13. The third-order valence-corrected chi connectivity index (χ3v) is 5.01. The lowest BCUT2D eigenvalue weighted by molar-refractivity contribution is -0.121. The third-order valence-electron chi connectivity index (χ3n) is 5.01. The fourth-order valence-corrected chi connectivity index (χ4v) is 3.50. The lowest BCUT2D eigenvalue weighted by Gasteiger charge is -2.19. The van der Waals surface area contributed by atoms with Gasteiger partial charge < -0.3 is 14.7 Å². The van der Waals surface area contributed by atoms with Crippen molar-refractivity contribution in [3.8, 4) is 0 Å². The van der Waals surface area contributed by atoms with Crippen LogP contribution in [0.3, 0.4) is 0 Å². The first-order valence-electron chi connectivity index (χ1n) is 9.64. The average Bonchev–Trinajstić information content (AvgIpc) is 3.32. The van der Waals surface area contributed by atoms with Crippen molar-refractivity contribution in [3.05, 3.63) is 76.9 Å². The molecule has 0 unspecified atom stereocenters. The van der Waals surface area contributed by atoms with Gasteiger partial charge in [0.1, 0.15) is 0 Å². The number of aromatic nitrogens is 2. The first kappa shape index (κ1) is 18.2. The highest BCUT2D eigenvalue weighted by Crippen LogP contribution is 2.28. The third kappa shape index (κ3) is 4.39. The normalized spacial score (nSPS) is 12.8. The van der Waals surface area contributed by atoms with Crippen LogP contribution < -0.4 is 10.2 Å². The maximum absolute atomic E-state index is 12.0. The largest absolute Gasteiger partial charge is 0.367 e. The molecule has 1 aliphatic rings. The van der Waals surface area contributed by atoms with Crippen LogP contribution in [-0.2, 0) is 30.7 Å². The minimum Gasteiger partial charge on any atom is -0.367 e. The van der Waals surface area contributed by atoms with Gasteiger partial charge in [0.25, 0.3) is 0 Å². The highest BCUT2D eigenvalue weighted by molar-refractivity contribution is 5.76. The van der Waals surface area contributed by atoms with Gasteiger partial charge in [0.15, 0.2) is 5.82 Å². The maximum Gasteiger partial charge on any atom is 0.227 e. The molecule has 0 bridgehead atoms. The molecule has 0 radical (unpaired) electrons. The van der Waals surface area contributed by atoms with E-state index in [0.29, 0.717) is 31.1 Å². The molecule has 6 heteroatoms. The fraction of sp³-hybridized carbons (Fsp3) is 0.318. The molecular formula is C22H24N4O2. The molecule has 4 rings (SSSR count). The summed E-state index contributed by atoms with van der Waals surface area (Å²) in [6, 6.07) is 17.1. The molecule has 0 saturated heterocycles. The number of hydrogen-bond donors (Lipinski definition) is 1. The van der Waals surface area contributed by atoms with E-state index in [1.54, 1.807) is 6.92 Å². The Kier molecular flexibility index (Phi) is 5.37. The topological polar surface area (TPSA) is 71.3 Å². The van der Waals surface area contributed by atoms with Crippen molar-refractivity contribution in [2.75, 3.05) is 11.4 Å². The number of rotatable bonds is 7. The zero-order valence-corrected chi connectivity index (χ0v) is 16.0. The summed E-state index contributed by atoms with van der Waals surface area (Å²) in [5.41, 5.74) is 5.14. The fourth-order valence-electron chi connectivity index (χ4n) is 3.50. The number of amides is 1. The van der Waals surface area contributed by atoms with Crippen LogP contribution in [-0.4, -0.2) is 22.6 Å². The van der Waals surface area contributed by atoms with Gasteiger partial charge in [-0.1, -0.05) is 47.6 Å². The van der Waals surface area contributed by atoms with E-state index in [1.807, 2.05) is 0 Å². The molecule has 1 N–H and O–H groups in total. The van der Waals surface area contributed by atoms with Gasteiger partial charge in [-0.3, -0.25) is 4.79 Å². The summed E-state index contributed by atoms with van der Waals surface area (Å²) in [6.07, 6.45) is 1.92. The molecule has 0 saturated carbocycles. The van der Waals surface area contributed by atoms with E-state index in [-0.39, 0.29) is 5.91 Å². The van der Waals surface area contributed by atoms with E-state index < -0.39 is 0 Å². The molecule has 1 amide bonds. The van der Waals surface area contributed by atoms with Crippen molar-refractivity contribution in [1.82, 2.24) is 15.5 Å².